The lowest BCUT2D eigenvalue weighted by Gasteiger charge is -2.19. The van der Waals surface area contributed by atoms with Crippen LogP contribution in [0.15, 0.2) is 55.1 Å². The molecule has 4 heterocycles. The van der Waals surface area contributed by atoms with Crippen molar-refractivity contribution < 1.29 is 9.53 Å². The molecule has 10 heteroatoms. The molecule has 4 aromatic rings. The number of carbonyl (C=O) groups is 1. The Balaban J connectivity index is 1.49. The first-order valence-corrected chi connectivity index (χ1v) is 12.1. The first-order valence-electron chi connectivity index (χ1n) is 12.1. The fourth-order valence-corrected chi connectivity index (χ4v) is 4.18. The van der Waals surface area contributed by atoms with E-state index in [2.05, 4.69) is 30.5 Å². The normalized spacial score (nSPS) is 16.0. The van der Waals surface area contributed by atoms with Gasteiger partial charge in [-0.15, -0.1) is 10.2 Å². The summed E-state index contributed by atoms with van der Waals surface area (Å²) >= 11 is 0. The van der Waals surface area contributed by atoms with Gasteiger partial charge in [0.05, 0.1) is 24.4 Å². The van der Waals surface area contributed by atoms with Crippen LogP contribution in [0.3, 0.4) is 0 Å². The lowest BCUT2D eigenvalue weighted by molar-refractivity contribution is 0.101. The third-order valence-electron chi connectivity index (χ3n) is 6.14. The molecule has 1 N–H and O–H groups in total. The lowest BCUT2D eigenvalue weighted by Crippen LogP contribution is -2.19. The molecule has 2 bridgehead atoms. The topological polar surface area (TPSA) is 103 Å². The van der Waals surface area contributed by atoms with Gasteiger partial charge in [0.25, 0.3) is 5.91 Å². The first-order chi connectivity index (χ1) is 17.5. The van der Waals surface area contributed by atoms with Crippen molar-refractivity contribution in [1.82, 2.24) is 34.4 Å². The van der Waals surface area contributed by atoms with E-state index in [0.717, 1.165) is 43.6 Å². The second kappa shape index (κ2) is 10.3. The summed E-state index contributed by atoms with van der Waals surface area (Å²) in [5.74, 6) is 1.36. The van der Waals surface area contributed by atoms with Gasteiger partial charge in [0.1, 0.15) is 23.6 Å². The number of anilines is 1. The average Bonchev–Trinajstić information content (AvgIpc) is 3.52. The van der Waals surface area contributed by atoms with E-state index in [9.17, 15) is 4.79 Å². The number of amides is 1. The average molecular weight is 487 g/mol. The van der Waals surface area contributed by atoms with Crippen molar-refractivity contribution in [2.75, 3.05) is 26.0 Å². The first kappa shape index (κ1) is 23.7. The summed E-state index contributed by atoms with van der Waals surface area (Å²) < 4.78 is 10.1. The van der Waals surface area contributed by atoms with Crippen molar-refractivity contribution in [2.24, 2.45) is 0 Å². The third-order valence-corrected chi connectivity index (χ3v) is 6.14. The number of nitrogens with one attached hydrogen (secondary N) is 1. The molecule has 1 aliphatic heterocycles. The van der Waals surface area contributed by atoms with Crippen LogP contribution in [0.4, 0.5) is 5.82 Å². The van der Waals surface area contributed by atoms with E-state index in [0.29, 0.717) is 28.6 Å². The number of pyridine rings is 1. The fourth-order valence-electron chi connectivity index (χ4n) is 4.18. The predicted molar refractivity (Wildman–Crippen MR) is 137 cm³/mol. The molecule has 186 valence electrons. The van der Waals surface area contributed by atoms with Gasteiger partial charge in [-0.3, -0.25) is 9.48 Å². The lowest BCUT2D eigenvalue weighted by atomic mass is 10.0. The van der Waals surface area contributed by atoms with E-state index >= 15 is 0 Å². The van der Waals surface area contributed by atoms with Gasteiger partial charge >= 0.3 is 0 Å². The van der Waals surface area contributed by atoms with Gasteiger partial charge in [0, 0.05) is 24.8 Å². The summed E-state index contributed by atoms with van der Waals surface area (Å²) in [7, 11) is 4.07. The van der Waals surface area contributed by atoms with Crippen molar-refractivity contribution in [1.29, 1.82) is 0 Å². The highest BCUT2D eigenvalue weighted by molar-refractivity contribution is 6.06. The number of ether oxygens (including phenoxy) is 1. The molecule has 0 aliphatic carbocycles. The summed E-state index contributed by atoms with van der Waals surface area (Å²) in [5.41, 5.74) is 2.95. The number of fused-ring (bicyclic) bond motifs is 5. The number of rotatable bonds is 4. The number of likely N-dealkylation sites (N-methyl/N-ethyl adjacent to an activating group) is 1. The zero-order chi connectivity index (χ0) is 25.1. The quantitative estimate of drug-likeness (QED) is 0.470. The van der Waals surface area contributed by atoms with Crippen molar-refractivity contribution in [3.8, 4) is 28.4 Å². The van der Waals surface area contributed by atoms with Crippen LogP contribution in [0.5, 0.6) is 5.75 Å². The molecule has 0 saturated heterocycles. The standard InChI is InChI=1S/C26H30N8O2/c1-18-6-5-11-33-17-27-31-25(33)22-7-4-8-24(29-22)30-26(35)21-14-19(9-10-23(21)36-18)20-15-28-34(16-20)13-12-32(2)3/h4,7-10,14-18H,5-6,11-13H2,1-3H3,(H,29,30,35)/t18-/m1/s1. The molecule has 1 atom stereocenters. The smallest absolute Gasteiger partial charge is 0.260 e. The van der Waals surface area contributed by atoms with Gasteiger partial charge in [-0.25, -0.2) is 4.98 Å². The third kappa shape index (κ3) is 5.28. The number of carbonyl (C=O) groups excluding carboxylic acids is 1. The molecule has 36 heavy (non-hydrogen) atoms. The minimum atomic E-state index is -0.290. The van der Waals surface area contributed by atoms with Crippen LogP contribution in [0.1, 0.15) is 30.1 Å². The van der Waals surface area contributed by atoms with Crippen LogP contribution in [0, 0.1) is 0 Å². The van der Waals surface area contributed by atoms with Crippen molar-refractivity contribution in [2.45, 2.75) is 39.0 Å². The number of hydrogen-bond acceptors (Lipinski definition) is 7. The van der Waals surface area contributed by atoms with Gasteiger partial charge < -0.3 is 19.5 Å². The van der Waals surface area contributed by atoms with Gasteiger partial charge in [0.2, 0.25) is 0 Å². The summed E-state index contributed by atoms with van der Waals surface area (Å²) in [6.07, 6.45) is 7.14. The molecule has 0 radical (unpaired) electrons. The maximum atomic E-state index is 13.5. The van der Waals surface area contributed by atoms with E-state index in [4.69, 9.17) is 4.74 Å². The molecule has 5 rings (SSSR count). The molecule has 0 spiro atoms. The highest BCUT2D eigenvalue weighted by Crippen LogP contribution is 2.29. The van der Waals surface area contributed by atoms with Gasteiger partial charge in [0.15, 0.2) is 5.82 Å². The molecular weight excluding hydrogens is 456 g/mol. The molecule has 0 fully saturated rings. The Hall–Kier alpha value is -4.05. The SMILES string of the molecule is C[C@@H]1CCCn2cnnc2-c2cccc(n2)NC(=O)c2cc(-c3cnn(CCN(C)C)c3)ccc2O1. The minimum absolute atomic E-state index is 0.0741. The van der Waals surface area contributed by atoms with Crippen LogP contribution in [0.2, 0.25) is 0 Å². The highest BCUT2D eigenvalue weighted by atomic mass is 16.5. The summed E-state index contributed by atoms with van der Waals surface area (Å²) in [6.45, 7) is 4.45. The Bertz CT molecular complexity index is 1360. The second-order valence-electron chi connectivity index (χ2n) is 9.29. The molecule has 3 aromatic heterocycles. The maximum Gasteiger partial charge on any atom is 0.260 e. The Morgan fingerprint density at radius 3 is 2.94 bits per heavy atom. The van der Waals surface area contributed by atoms with Crippen molar-refractivity contribution in [3.05, 3.63) is 60.7 Å². The predicted octanol–water partition coefficient (Wildman–Crippen LogP) is 3.58. The Kier molecular flexibility index (Phi) is 6.77. The number of aromatic nitrogens is 6. The highest BCUT2D eigenvalue weighted by Gasteiger charge is 2.19. The van der Waals surface area contributed by atoms with E-state index in [1.165, 1.54) is 0 Å². The van der Waals surface area contributed by atoms with E-state index in [1.807, 2.05) is 73.0 Å². The molecule has 1 amide bonds. The van der Waals surface area contributed by atoms with Gasteiger partial charge in [-0.05, 0) is 63.7 Å². The Labute approximate surface area is 209 Å². The largest absolute Gasteiger partial charge is 0.490 e. The molecule has 1 aliphatic rings. The minimum Gasteiger partial charge on any atom is -0.490 e. The monoisotopic (exact) mass is 486 g/mol. The van der Waals surface area contributed by atoms with E-state index in [-0.39, 0.29) is 12.0 Å². The van der Waals surface area contributed by atoms with Gasteiger partial charge in [-0.2, -0.15) is 5.10 Å². The Morgan fingerprint density at radius 2 is 2.08 bits per heavy atom. The second-order valence-corrected chi connectivity index (χ2v) is 9.29. The van der Waals surface area contributed by atoms with Crippen LogP contribution in [-0.4, -0.2) is 67.1 Å². The van der Waals surface area contributed by atoms with E-state index < -0.39 is 0 Å². The number of aryl methyl sites for hydroxylation is 1. The number of nitrogens with zero attached hydrogens (tertiary/aromatic N) is 7. The van der Waals surface area contributed by atoms with Crippen LogP contribution in [-0.2, 0) is 13.1 Å². The number of hydrogen-bond donors (Lipinski definition) is 1. The van der Waals surface area contributed by atoms with Crippen molar-refractivity contribution in [3.63, 3.8) is 0 Å². The molecule has 0 unspecified atom stereocenters. The molecule has 1 aromatic carbocycles. The molecule has 10 nitrogen and oxygen atoms in total. The van der Waals surface area contributed by atoms with Crippen molar-refractivity contribution >= 4 is 11.7 Å². The summed E-state index contributed by atoms with van der Waals surface area (Å²) in [4.78, 5) is 20.2. The van der Waals surface area contributed by atoms with Crippen LogP contribution < -0.4 is 10.1 Å². The van der Waals surface area contributed by atoms with Gasteiger partial charge in [-0.1, -0.05) is 12.1 Å². The van der Waals surface area contributed by atoms with Crippen LogP contribution in [0.25, 0.3) is 22.6 Å². The summed E-state index contributed by atoms with van der Waals surface area (Å²) in [6, 6.07) is 11.2. The fraction of sp³-hybridized carbons (Fsp3) is 0.346. The van der Waals surface area contributed by atoms with Crippen LogP contribution >= 0.6 is 0 Å². The Morgan fingerprint density at radius 1 is 1.19 bits per heavy atom. The zero-order valence-electron chi connectivity index (χ0n) is 20.8. The maximum absolute atomic E-state index is 13.5. The van der Waals surface area contributed by atoms with E-state index in [1.54, 1.807) is 12.4 Å². The molecular formula is C26H30N8O2. The zero-order valence-corrected chi connectivity index (χ0v) is 20.8. The molecule has 0 saturated carbocycles. The summed E-state index contributed by atoms with van der Waals surface area (Å²) in [5, 5.41) is 15.7. The number of benzene rings is 1.